The van der Waals surface area contributed by atoms with Crippen LogP contribution in [0.5, 0.6) is 11.5 Å². The number of aliphatic hydroxyl groups excluding tert-OH is 1. The van der Waals surface area contributed by atoms with Crippen LogP contribution in [0.4, 0.5) is 22.0 Å². The Labute approximate surface area is 223 Å². The van der Waals surface area contributed by atoms with Crippen LogP contribution in [-0.4, -0.2) is 17.1 Å². The third kappa shape index (κ3) is 4.99. The number of rotatable bonds is 5. The van der Waals surface area contributed by atoms with Crippen LogP contribution in [0, 0.1) is 5.82 Å². The van der Waals surface area contributed by atoms with Crippen LogP contribution in [0.3, 0.4) is 0 Å². The van der Waals surface area contributed by atoms with Gasteiger partial charge in [0.25, 0.3) is 0 Å². The lowest BCUT2D eigenvalue weighted by Crippen LogP contribution is -2.47. The smallest absolute Gasteiger partial charge is 0.487 e. The fourth-order valence-electron chi connectivity index (χ4n) is 6.51. The molecule has 0 amide bonds. The number of alkyl halides is 4. The number of fused-ring (bicyclic) bond motifs is 1. The Morgan fingerprint density at radius 2 is 1.62 bits per heavy atom. The van der Waals surface area contributed by atoms with Crippen molar-refractivity contribution < 1.29 is 36.5 Å². The Hall–Kier alpha value is -3.13. The maximum Gasteiger partial charge on any atom is 0.573 e. The minimum Gasteiger partial charge on any atom is -0.487 e. The van der Waals surface area contributed by atoms with Crippen molar-refractivity contribution in [2.24, 2.45) is 0 Å². The molecule has 1 heterocycles. The van der Waals surface area contributed by atoms with Gasteiger partial charge in [-0.2, -0.15) is 0 Å². The minimum absolute atomic E-state index is 0.0654. The highest BCUT2D eigenvalue weighted by Gasteiger charge is 2.47. The normalized spacial score (nSPS) is 21.2. The fourth-order valence-corrected chi connectivity index (χ4v) is 6.51. The molecule has 2 aliphatic carbocycles. The first-order valence-electron chi connectivity index (χ1n) is 13.5. The number of ether oxygens (including phenoxy) is 2. The molecule has 8 heteroatoms. The molecule has 2 fully saturated rings. The Morgan fingerprint density at radius 3 is 2.21 bits per heavy atom. The number of hydrogen-bond acceptors (Lipinski definition) is 3. The summed E-state index contributed by atoms with van der Waals surface area (Å²) in [7, 11) is 0. The summed E-state index contributed by atoms with van der Waals surface area (Å²) in [6, 6.07) is 12.4. The molecular weight excluding hydrogens is 515 g/mol. The van der Waals surface area contributed by atoms with Crippen molar-refractivity contribution in [2.75, 3.05) is 0 Å². The lowest BCUT2D eigenvalue weighted by Gasteiger charge is -2.47. The zero-order valence-electron chi connectivity index (χ0n) is 21.2. The second-order valence-electron chi connectivity index (χ2n) is 11.0. The van der Waals surface area contributed by atoms with Gasteiger partial charge < -0.3 is 14.6 Å². The van der Waals surface area contributed by atoms with Crippen LogP contribution in [0.25, 0.3) is 11.1 Å². The van der Waals surface area contributed by atoms with E-state index in [0.717, 1.165) is 62.6 Å². The maximum absolute atomic E-state index is 16.7. The van der Waals surface area contributed by atoms with Crippen molar-refractivity contribution in [3.63, 3.8) is 0 Å². The Balaban J connectivity index is 1.54. The minimum atomic E-state index is -4.85. The van der Waals surface area contributed by atoms with Gasteiger partial charge in [0, 0.05) is 17.5 Å². The molecule has 2 saturated carbocycles. The largest absolute Gasteiger partial charge is 0.573 e. The summed E-state index contributed by atoms with van der Waals surface area (Å²) in [5.41, 5.74) is 2.36. The molecule has 1 spiro atoms. The van der Waals surface area contributed by atoms with Gasteiger partial charge >= 0.3 is 6.36 Å². The predicted octanol–water partition coefficient (Wildman–Crippen LogP) is 8.85. The zero-order valence-corrected chi connectivity index (χ0v) is 21.2. The number of hydrogen-bond donors (Lipinski definition) is 1. The molecule has 206 valence electrons. The van der Waals surface area contributed by atoms with Gasteiger partial charge in [0.15, 0.2) is 6.17 Å². The highest BCUT2D eigenvalue weighted by Crippen LogP contribution is 2.56. The average molecular weight is 545 g/mol. The molecule has 0 bridgehead atoms. The molecule has 6 rings (SSSR count). The summed E-state index contributed by atoms with van der Waals surface area (Å²) in [6.45, 7) is 0. The second kappa shape index (κ2) is 9.81. The van der Waals surface area contributed by atoms with Crippen molar-refractivity contribution in [3.05, 3.63) is 82.7 Å². The van der Waals surface area contributed by atoms with E-state index >= 15 is 4.39 Å². The van der Waals surface area contributed by atoms with E-state index < -0.39 is 35.8 Å². The standard InChI is InChI=1S/C31H29F5O3/c32-21-10-6-19(7-11-21)26-27(29(33)20-8-12-22(13-9-20)38-31(34,35)36)23(18-4-1-2-5-18)16-25-28(26)24(37)17-30(39-25)14-3-15-30/h6-13,16,18,24,29,37H,1-5,14-15,17H2/t24-,29?/m0/s1. The lowest BCUT2D eigenvalue weighted by molar-refractivity contribution is -0.274. The van der Waals surface area contributed by atoms with Gasteiger partial charge in [-0.1, -0.05) is 37.1 Å². The van der Waals surface area contributed by atoms with Gasteiger partial charge in [0.2, 0.25) is 0 Å². The van der Waals surface area contributed by atoms with Crippen LogP contribution in [0.15, 0.2) is 54.6 Å². The van der Waals surface area contributed by atoms with Crippen LogP contribution in [0.1, 0.15) is 91.8 Å². The third-order valence-electron chi connectivity index (χ3n) is 8.48. The first kappa shape index (κ1) is 26.1. The van der Waals surface area contributed by atoms with Gasteiger partial charge in [-0.15, -0.1) is 13.2 Å². The van der Waals surface area contributed by atoms with E-state index in [2.05, 4.69) is 4.74 Å². The lowest BCUT2D eigenvalue weighted by atomic mass is 9.71. The first-order valence-corrected chi connectivity index (χ1v) is 13.5. The second-order valence-corrected chi connectivity index (χ2v) is 11.0. The summed E-state index contributed by atoms with van der Waals surface area (Å²) in [6.07, 6.45) is -0.644. The highest BCUT2D eigenvalue weighted by atomic mass is 19.4. The summed E-state index contributed by atoms with van der Waals surface area (Å²) in [4.78, 5) is 0. The van der Waals surface area contributed by atoms with E-state index in [1.165, 1.54) is 24.3 Å². The number of aliphatic hydroxyl groups is 1. The molecule has 1 unspecified atom stereocenters. The SMILES string of the molecule is O[C@H]1CC2(CCC2)Oc2cc(C3CCCC3)c(C(F)c3ccc(OC(F)(F)F)cc3)c(-c3ccc(F)cc3)c21. The monoisotopic (exact) mass is 544 g/mol. The summed E-state index contributed by atoms with van der Waals surface area (Å²) in [5, 5.41) is 11.4. The molecule has 3 aromatic rings. The van der Waals surface area contributed by atoms with E-state index in [-0.39, 0.29) is 11.5 Å². The van der Waals surface area contributed by atoms with E-state index in [1.54, 1.807) is 12.1 Å². The van der Waals surface area contributed by atoms with Crippen molar-refractivity contribution in [1.82, 2.24) is 0 Å². The average Bonchev–Trinajstić information content (AvgIpc) is 3.41. The Kier molecular flexibility index (Phi) is 6.57. The predicted molar refractivity (Wildman–Crippen MR) is 136 cm³/mol. The van der Waals surface area contributed by atoms with Crippen molar-refractivity contribution in [1.29, 1.82) is 0 Å². The molecule has 3 nitrogen and oxygen atoms in total. The van der Waals surface area contributed by atoms with E-state index in [4.69, 9.17) is 4.74 Å². The Morgan fingerprint density at radius 1 is 0.949 bits per heavy atom. The summed E-state index contributed by atoms with van der Waals surface area (Å²) < 4.78 is 79.2. The molecule has 1 aliphatic heterocycles. The maximum atomic E-state index is 16.7. The highest BCUT2D eigenvalue weighted by molar-refractivity contribution is 5.78. The molecule has 39 heavy (non-hydrogen) atoms. The van der Waals surface area contributed by atoms with Crippen LogP contribution in [0.2, 0.25) is 0 Å². The van der Waals surface area contributed by atoms with Gasteiger partial charge in [-0.05, 0) is 90.6 Å². The van der Waals surface area contributed by atoms with E-state index in [1.807, 2.05) is 6.07 Å². The van der Waals surface area contributed by atoms with Gasteiger partial charge in [-0.25, -0.2) is 8.78 Å². The quantitative estimate of drug-likeness (QED) is 0.326. The van der Waals surface area contributed by atoms with Crippen molar-refractivity contribution in [2.45, 2.75) is 81.5 Å². The van der Waals surface area contributed by atoms with E-state index in [9.17, 15) is 22.7 Å². The van der Waals surface area contributed by atoms with Gasteiger partial charge in [0.05, 0.1) is 6.10 Å². The first-order chi connectivity index (χ1) is 18.6. The molecule has 3 aliphatic rings. The number of benzene rings is 3. The molecular formula is C31H29F5O3. The van der Waals surface area contributed by atoms with Crippen LogP contribution >= 0.6 is 0 Å². The van der Waals surface area contributed by atoms with Crippen LogP contribution < -0.4 is 9.47 Å². The fraction of sp³-hybridized carbons (Fsp3) is 0.419. The molecule has 0 radical (unpaired) electrons. The van der Waals surface area contributed by atoms with Gasteiger partial charge in [-0.3, -0.25) is 0 Å². The molecule has 0 aromatic heterocycles. The Bertz CT molecular complexity index is 1340. The van der Waals surface area contributed by atoms with Crippen molar-refractivity contribution >= 4 is 0 Å². The van der Waals surface area contributed by atoms with Crippen molar-refractivity contribution in [3.8, 4) is 22.6 Å². The zero-order chi connectivity index (χ0) is 27.4. The molecule has 2 atom stereocenters. The molecule has 0 saturated heterocycles. The van der Waals surface area contributed by atoms with Gasteiger partial charge in [0.1, 0.15) is 22.9 Å². The third-order valence-corrected chi connectivity index (χ3v) is 8.48. The van der Waals surface area contributed by atoms with Crippen LogP contribution in [-0.2, 0) is 0 Å². The summed E-state index contributed by atoms with van der Waals surface area (Å²) >= 11 is 0. The topological polar surface area (TPSA) is 38.7 Å². The van der Waals surface area contributed by atoms with E-state index in [0.29, 0.717) is 34.4 Å². The molecule has 3 aromatic carbocycles. The summed E-state index contributed by atoms with van der Waals surface area (Å²) in [5.74, 6) is -0.271. The number of halogens is 5. The molecule has 1 N–H and O–H groups in total.